The molecule has 1 heterocycles. The van der Waals surface area contributed by atoms with Gasteiger partial charge in [0.1, 0.15) is 22.9 Å². The van der Waals surface area contributed by atoms with Gasteiger partial charge in [0.2, 0.25) is 0 Å². The van der Waals surface area contributed by atoms with Crippen molar-refractivity contribution >= 4 is 23.7 Å². The molecule has 0 bridgehead atoms. The van der Waals surface area contributed by atoms with Gasteiger partial charge in [-0.2, -0.15) is 11.8 Å². The van der Waals surface area contributed by atoms with Crippen LogP contribution in [0.4, 0.5) is 0 Å². The Bertz CT molecular complexity index is 1050. The number of carbonyl (C=O) groups is 2. The van der Waals surface area contributed by atoms with E-state index in [0.717, 1.165) is 43.0 Å². The van der Waals surface area contributed by atoms with E-state index in [1.807, 2.05) is 57.2 Å². The first-order valence-electron chi connectivity index (χ1n) is 14.1. The number of ether oxygens (including phenoxy) is 3. The van der Waals surface area contributed by atoms with Gasteiger partial charge in [0.05, 0.1) is 13.5 Å². The third-order valence-electron chi connectivity index (χ3n) is 7.11. The van der Waals surface area contributed by atoms with Crippen molar-refractivity contribution in [1.82, 2.24) is 5.32 Å². The van der Waals surface area contributed by atoms with Crippen LogP contribution >= 0.6 is 11.8 Å². The van der Waals surface area contributed by atoms with E-state index in [4.69, 9.17) is 14.2 Å². The molecule has 214 valence electrons. The monoisotopic (exact) mass is 555 g/mol. The van der Waals surface area contributed by atoms with Crippen LogP contribution in [0.15, 0.2) is 54.6 Å². The summed E-state index contributed by atoms with van der Waals surface area (Å²) < 4.78 is 17.8. The zero-order valence-electron chi connectivity index (χ0n) is 24.2. The van der Waals surface area contributed by atoms with Crippen LogP contribution in [0.1, 0.15) is 70.9 Å². The zero-order valence-corrected chi connectivity index (χ0v) is 25.0. The van der Waals surface area contributed by atoms with E-state index in [2.05, 4.69) is 30.4 Å². The molecule has 0 aliphatic carbocycles. The fourth-order valence-corrected chi connectivity index (χ4v) is 6.23. The first-order valence-corrected chi connectivity index (χ1v) is 15.1. The lowest BCUT2D eigenvalue weighted by molar-refractivity contribution is -0.177. The van der Waals surface area contributed by atoms with Crippen LogP contribution in [-0.2, 0) is 31.2 Å². The maximum absolute atomic E-state index is 13.7. The van der Waals surface area contributed by atoms with Crippen molar-refractivity contribution in [2.45, 2.75) is 88.9 Å². The SMILES string of the molecule is CCCC(Oc1ccccc1CC(CC(=O)OC)SCc1ccccc1)C1(C(=O)OC(C)(C)C)CCNCC1. The second-order valence-corrected chi connectivity index (χ2v) is 12.6. The fraction of sp³-hybridized carbons (Fsp3) is 0.562. The number of carbonyl (C=O) groups excluding carboxylic acids is 2. The first kappa shape index (κ1) is 31.0. The standard InChI is InChI=1S/C32H45NO5S/c1-6-12-28(32(17-19-33-20-18-32)30(35)38-31(2,3)4)37-27-16-11-10-15-25(27)21-26(22-29(34)36-5)39-23-24-13-8-7-9-14-24/h7-11,13-16,26,28,33H,6,12,17-23H2,1-5H3. The maximum atomic E-state index is 13.7. The van der Waals surface area contributed by atoms with Gasteiger partial charge >= 0.3 is 11.9 Å². The highest BCUT2D eigenvalue weighted by Gasteiger charge is 2.50. The number of thioether (sulfide) groups is 1. The quantitative estimate of drug-likeness (QED) is 0.289. The molecule has 0 aromatic heterocycles. The van der Waals surface area contributed by atoms with Gasteiger partial charge in [0, 0.05) is 11.0 Å². The number of piperidine rings is 1. The molecule has 3 rings (SSSR count). The van der Waals surface area contributed by atoms with Crippen molar-refractivity contribution < 1.29 is 23.8 Å². The highest BCUT2D eigenvalue weighted by Crippen LogP contribution is 2.41. The molecule has 1 N–H and O–H groups in total. The number of benzene rings is 2. The summed E-state index contributed by atoms with van der Waals surface area (Å²) in [6.07, 6.45) is 3.65. The summed E-state index contributed by atoms with van der Waals surface area (Å²) in [5, 5.41) is 3.42. The number of para-hydroxylation sites is 1. The normalized spacial score (nSPS) is 16.6. The van der Waals surface area contributed by atoms with Gasteiger partial charge < -0.3 is 19.5 Å². The lowest BCUT2D eigenvalue weighted by Gasteiger charge is -2.43. The van der Waals surface area contributed by atoms with Crippen molar-refractivity contribution in [2.24, 2.45) is 5.41 Å². The number of esters is 2. The van der Waals surface area contributed by atoms with Crippen LogP contribution in [0.5, 0.6) is 5.75 Å². The molecule has 2 aromatic rings. The number of hydrogen-bond acceptors (Lipinski definition) is 7. The van der Waals surface area contributed by atoms with E-state index in [1.54, 1.807) is 11.8 Å². The van der Waals surface area contributed by atoms with E-state index < -0.39 is 11.0 Å². The summed E-state index contributed by atoms with van der Waals surface area (Å²) in [5.41, 5.74) is 0.965. The minimum Gasteiger partial charge on any atom is -0.489 e. The summed E-state index contributed by atoms with van der Waals surface area (Å²) in [6.45, 7) is 9.37. The molecule has 2 atom stereocenters. The molecule has 1 aliphatic heterocycles. The predicted molar refractivity (Wildman–Crippen MR) is 158 cm³/mol. The molecule has 1 fully saturated rings. The van der Waals surface area contributed by atoms with Crippen LogP contribution in [0.3, 0.4) is 0 Å². The Morgan fingerprint density at radius 3 is 2.33 bits per heavy atom. The number of nitrogens with one attached hydrogen (secondary N) is 1. The van der Waals surface area contributed by atoms with Crippen molar-refractivity contribution in [3.63, 3.8) is 0 Å². The van der Waals surface area contributed by atoms with Crippen LogP contribution in [0.2, 0.25) is 0 Å². The molecule has 0 spiro atoms. The fourth-order valence-electron chi connectivity index (χ4n) is 5.05. The van der Waals surface area contributed by atoms with E-state index in [1.165, 1.54) is 12.7 Å². The van der Waals surface area contributed by atoms with Gasteiger partial charge in [-0.25, -0.2) is 0 Å². The lowest BCUT2D eigenvalue weighted by atomic mass is 9.72. The topological polar surface area (TPSA) is 73.9 Å². The van der Waals surface area contributed by atoms with Gasteiger partial charge in [-0.3, -0.25) is 9.59 Å². The summed E-state index contributed by atoms with van der Waals surface area (Å²) in [6, 6.07) is 18.3. The largest absolute Gasteiger partial charge is 0.489 e. The average Bonchev–Trinajstić information content (AvgIpc) is 2.92. The summed E-state index contributed by atoms with van der Waals surface area (Å²) in [5.74, 6) is 1.18. The van der Waals surface area contributed by atoms with E-state index >= 15 is 0 Å². The lowest BCUT2D eigenvalue weighted by Crippen LogP contribution is -2.53. The van der Waals surface area contributed by atoms with Gasteiger partial charge in [0.25, 0.3) is 0 Å². The Morgan fingerprint density at radius 1 is 1.03 bits per heavy atom. The third-order valence-corrected chi connectivity index (χ3v) is 8.41. The summed E-state index contributed by atoms with van der Waals surface area (Å²) >= 11 is 1.75. The maximum Gasteiger partial charge on any atom is 0.316 e. The Hall–Kier alpha value is -2.51. The van der Waals surface area contributed by atoms with E-state index in [9.17, 15) is 9.59 Å². The molecule has 39 heavy (non-hydrogen) atoms. The molecule has 0 amide bonds. The van der Waals surface area contributed by atoms with Crippen LogP contribution < -0.4 is 10.1 Å². The summed E-state index contributed by atoms with van der Waals surface area (Å²) in [4.78, 5) is 26.0. The second kappa shape index (κ2) is 14.8. The molecule has 1 aliphatic rings. The molecule has 7 heteroatoms. The Morgan fingerprint density at radius 2 is 1.69 bits per heavy atom. The Balaban J connectivity index is 1.86. The van der Waals surface area contributed by atoms with Crippen molar-refractivity contribution in [3.05, 3.63) is 65.7 Å². The number of rotatable bonds is 13. The Kier molecular flexibility index (Phi) is 11.7. The van der Waals surface area contributed by atoms with Crippen LogP contribution in [-0.4, -0.2) is 49.1 Å². The van der Waals surface area contributed by atoms with E-state index in [-0.39, 0.29) is 23.3 Å². The molecular weight excluding hydrogens is 510 g/mol. The number of hydrogen-bond donors (Lipinski definition) is 1. The van der Waals surface area contributed by atoms with Gasteiger partial charge in [-0.1, -0.05) is 61.9 Å². The average molecular weight is 556 g/mol. The van der Waals surface area contributed by atoms with Crippen molar-refractivity contribution in [1.29, 1.82) is 0 Å². The highest BCUT2D eigenvalue weighted by molar-refractivity contribution is 7.99. The van der Waals surface area contributed by atoms with Gasteiger partial charge in [-0.15, -0.1) is 0 Å². The predicted octanol–water partition coefficient (Wildman–Crippen LogP) is 6.35. The first-order chi connectivity index (χ1) is 18.7. The highest BCUT2D eigenvalue weighted by atomic mass is 32.2. The summed E-state index contributed by atoms with van der Waals surface area (Å²) in [7, 11) is 1.43. The molecule has 6 nitrogen and oxygen atoms in total. The minimum absolute atomic E-state index is 0.0192. The third kappa shape index (κ3) is 9.28. The van der Waals surface area contributed by atoms with Crippen LogP contribution in [0, 0.1) is 5.41 Å². The molecule has 0 radical (unpaired) electrons. The van der Waals surface area contributed by atoms with Crippen LogP contribution in [0.25, 0.3) is 0 Å². The second-order valence-electron chi connectivity index (χ2n) is 11.3. The molecule has 2 unspecified atom stereocenters. The van der Waals surface area contributed by atoms with Crippen molar-refractivity contribution in [2.75, 3.05) is 20.2 Å². The molecule has 2 aromatic carbocycles. The zero-order chi connectivity index (χ0) is 28.3. The molecule has 1 saturated heterocycles. The van der Waals surface area contributed by atoms with Gasteiger partial charge in [0.15, 0.2) is 0 Å². The minimum atomic E-state index is -0.713. The number of methoxy groups -OCH3 is 1. The van der Waals surface area contributed by atoms with Crippen molar-refractivity contribution in [3.8, 4) is 5.75 Å². The van der Waals surface area contributed by atoms with E-state index in [0.29, 0.717) is 25.7 Å². The smallest absolute Gasteiger partial charge is 0.316 e. The molecular formula is C32H45NO5S. The molecule has 0 saturated carbocycles. The Labute approximate surface area is 238 Å². The van der Waals surface area contributed by atoms with Gasteiger partial charge in [-0.05, 0) is 76.7 Å².